The zero-order valence-electron chi connectivity index (χ0n) is 12.2. The van der Waals surface area contributed by atoms with Crippen molar-refractivity contribution < 1.29 is 19.1 Å². The number of aromatic carboxylic acids is 1. The first-order valence-electron chi connectivity index (χ1n) is 7.17. The number of nitrogens with zero attached hydrogens (tertiary/aromatic N) is 3. The van der Waals surface area contributed by atoms with Crippen molar-refractivity contribution in [2.24, 2.45) is 0 Å². The summed E-state index contributed by atoms with van der Waals surface area (Å²) in [7, 11) is 0. The van der Waals surface area contributed by atoms with Crippen LogP contribution in [0.25, 0.3) is 0 Å². The van der Waals surface area contributed by atoms with Gasteiger partial charge in [-0.15, -0.1) is 0 Å². The molecule has 1 amide bonds. The molecule has 0 spiro atoms. The maximum absolute atomic E-state index is 12.5. The summed E-state index contributed by atoms with van der Waals surface area (Å²) in [6.45, 7) is 3.01. The average molecular weight is 303 g/mol. The first kappa shape index (κ1) is 14.4. The molecule has 3 rings (SSSR count). The van der Waals surface area contributed by atoms with Gasteiger partial charge in [-0.05, 0) is 25.8 Å². The molecule has 1 atom stereocenters. The average Bonchev–Trinajstić information content (AvgIpc) is 3.15. The number of carbonyl (C=O) groups is 2. The van der Waals surface area contributed by atoms with Crippen LogP contribution in [0.15, 0.2) is 29.1 Å². The lowest BCUT2D eigenvalue weighted by Gasteiger charge is -2.32. The van der Waals surface area contributed by atoms with Crippen molar-refractivity contribution >= 4 is 11.9 Å². The number of aromatic nitrogens is 2. The normalized spacial score (nSPS) is 18.4. The molecule has 3 heterocycles. The van der Waals surface area contributed by atoms with Gasteiger partial charge in [0.15, 0.2) is 5.76 Å². The number of piperidine rings is 1. The molecule has 1 N–H and O–H groups in total. The fourth-order valence-electron chi connectivity index (χ4n) is 2.74. The second-order valence-electron chi connectivity index (χ2n) is 5.49. The van der Waals surface area contributed by atoms with E-state index in [1.165, 1.54) is 18.7 Å². The summed E-state index contributed by atoms with van der Waals surface area (Å²) in [6, 6.07) is 1.75. The lowest BCUT2D eigenvalue weighted by Crippen LogP contribution is -2.40. The van der Waals surface area contributed by atoms with Crippen molar-refractivity contribution in [2.45, 2.75) is 25.8 Å². The van der Waals surface area contributed by atoms with E-state index in [0.29, 0.717) is 18.8 Å². The van der Waals surface area contributed by atoms with E-state index < -0.39 is 5.97 Å². The van der Waals surface area contributed by atoms with Crippen LogP contribution in [0.5, 0.6) is 0 Å². The number of hydrogen-bond donors (Lipinski definition) is 1. The predicted octanol–water partition coefficient (Wildman–Crippen LogP) is 1.96. The Labute approximate surface area is 127 Å². The van der Waals surface area contributed by atoms with Gasteiger partial charge in [-0.25, -0.2) is 4.79 Å². The number of furan rings is 1. The van der Waals surface area contributed by atoms with Crippen LogP contribution in [0.1, 0.15) is 45.4 Å². The fraction of sp³-hybridized carbons (Fsp3) is 0.400. The van der Waals surface area contributed by atoms with Crippen molar-refractivity contribution in [1.82, 2.24) is 14.7 Å². The molecule has 1 aliphatic heterocycles. The predicted molar refractivity (Wildman–Crippen MR) is 76.8 cm³/mol. The van der Waals surface area contributed by atoms with Crippen molar-refractivity contribution in [3.63, 3.8) is 0 Å². The molecule has 7 nitrogen and oxygen atoms in total. The van der Waals surface area contributed by atoms with Crippen molar-refractivity contribution in [1.29, 1.82) is 0 Å². The second kappa shape index (κ2) is 5.67. The molecule has 1 unspecified atom stereocenters. The lowest BCUT2D eigenvalue weighted by molar-refractivity contribution is 0.0636. The van der Waals surface area contributed by atoms with Crippen molar-refractivity contribution in [2.75, 3.05) is 13.1 Å². The van der Waals surface area contributed by atoms with E-state index in [1.54, 1.807) is 15.6 Å². The van der Waals surface area contributed by atoms with Gasteiger partial charge < -0.3 is 14.4 Å². The Morgan fingerprint density at radius 1 is 1.45 bits per heavy atom. The minimum atomic E-state index is -0.999. The minimum Gasteiger partial charge on any atom is -0.478 e. The number of hydrogen-bond acceptors (Lipinski definition) is 4. The van der Waals surface area contributed by atoms with Crippen LogP contribution in [-0.2, 0) is 0 Å². The molecule has 116 valence electrons. The number of rotatable bonds is 3. The summed E-state index contributed by atoms with van der Waals surface area (Å²) in [5, 5.41) is 13.1. The summed E-state index contributed by atoms with van der Waals surface area (Å²) < 4.78 is 6.90. The molecule has 0 bridgehead atoms. The summed E-state index contributed by atoms with van der Waals surface area (Å²) in [5.41, 5.74) is 0.977. The zero-order valence-corrected chi connectivity index (χ0v) is 12.2. The van der Waals surface area contributed by atoms with Crippen molar-refractivity contribution in [3.05, 3.63) is 41.6 Å². The molecule has 7 heteroatoms. The Balaban J connectivity index is 1.75. The highest BCUT2D eigenvalue weighted by Gasteiger charge is 2.28. The van der Waals surface area contributed by atoms with Gasteiger partial charge in [0.05, 0.1) is 24.1 Å². The quantitative estimate of drug-likeness (QED) is 0.936. The molecule has 2 aromatic heterocycles. The third-order valence-corrected chi connectivity index (χ3v) is 3.96. The molecule has 0 saturated carbocycles. The zero-order chi connectivity index (χ0) is 15.7. The first-order valence-corrected chi connectivity index (χ1v) is 7.17. The van der Waals surface area contributed by atoms with E-state index >= 15 is 0 Å². The van der Waals surface area contributed by atoms with Crippen LogP contribution in [0.4, 0.5) is 0 Å². The van der Waals surface area contributed by atoms with Gasteiger partial charge >= 0.3 is 5.97 Å². The standard InChI is InChI=1S/C15H17N3O4/c1-10-4-6-22-13(10)14(19)17-5-2-3-12(9-17)18-8-11(7-16-18)15(20)21/h4,6-8,12H,2-3,5,9H2,1H3,(H,20,21). The monoisotopic (exact) mass is 303 g/mol. The Hall–Kier alpha value is -2.57. The SMILES string of the molecule is Cc1ccoc1C(=O)N1CCCC(n2cc(C(=O)O)cn2)C1. The van der Waals surface area contributed by atoms with E-state index in [9.17, 15) is 9.59 Å². The Morgan fingerprint density at radius 3 is 2.91 bits per heavy atom. The Bertz CT molecular complexity index is 703. The fourth-order valence-corrected chi connectivity index (χ4v) is 2.74. The molecule has 1 saturated heterocycles. The molecular weight excluding hydrogens is 286 g/mol. The maximum atomic E-state index is 12.5. The minimum absolute atomic E-state index is 0.0129. The Kier molecular flexibility index (Phi) is 3.70. The summed E-state index contributed by atoms with van der Waals surface area (Å²) in [6.07, 6.45) is 6.07. The number of likely N-dealkylation sites (tertiary alicyclic amines) is 1. The van der Waals surface area contributed by atoms with E-state index in [2.05, 4.69) is 5.10 Å². The van der Waals surface area contributed by atoms with Gasteiger partial charge in [0, 0.05) is 24.8 Å². The topological polar surface area (TPSA) is 88.6 Å². The smallest absolute Gasteiger partial charge is 0.338 e. The number of carbonyl (C=O) groups excluding carboxylic acids is 1. The van der Waals surface area contributed by atoms with Gasteiger partial charge in [0.1, 0.15) is 0 Å². The van der Waals surface area contributed by atoms with Crippen LogP contribution < -0.4 is 0 Å². The molecular formula is C15H17N3O4. The highest BCUT2D eigenvalue weighted by atomic mass is 16.4. The molecule has 1 aliphatic rings. The van der Waals surface area contributed by atoms with Gasteiger partial charge in [0.2, 0.25) is 0 Å². The number of amides is 1. The first-order chi connectivity index (χ1) is 10.6. The third kappa shape index (κ3) is 2.61. The van der Waals surface area contributed by atoms with Gasteiger partial charge in [-0.2, -0.15) is 5.10 Å². The van der Waals surface area contributed by atoms with Gasteiger partial charge in [-0.1, -0.05) is 0 Å². The maximum Gasteiger partial charge on any atom is 0.338 e. The van der Waals surface area contributed by atoms with E-state index in [1.807, 2.05) is 6.92 Å². The number of carboxylic acids is 1. The number of aryl methyl sites for hydroxylation is 1. The summed E-state index contributed by atoms with van der Waals surface area (Å²) in [5.74, 6) is -0.758. The largest absolute Gasteiger partial charge is 0.478 e. The van der Waals surface area contributed by atoms with E-state index in [0.717, 1.165) is 18.4 Å². The highest BCUT2D eigenvalue weighted by Crippen LogP contribution is 2.23. The van der Waals surface area contributed by atoms with Crippen LogP contribution in [0.3, 0.4) is 0 Å². The molecule has 0 aliphatic carbocycles. The van der Waals surface area contributed by atoms with Crippen molar-refractivity contribution in [3.8, 4) is 0 Å². The molecule has 1 fully saturated rings. The van der Waals surface area contributed by atoms with Crippen LogP contribution in [0.2, 0.25) is 0 Å². The highest BCUT2D eigenvalue weighted by molar-refractivity contribution is 5.93. The molecule has 0 radical (unpaired) electrons. The van der Waals surface area contributed by atoms with Gasteiger partial charge in [0.25, 0.3) is 5.91 Å². The van der Waals surface area contributed by atoms with E-state index in [-0.39, 0.29) is 17.5 Å². The second-order valence-corrected chi connectivity index (χ2v) is 5.49. The summed E-state index contributed by atoms with van der Waals surface area (Å²) in [4.78, 5) is 25.2. The molecule has 0 aromatic carbocycles. The molecule has 2 aromatic rings. The van der Waals surface area contributed by atoms with Gasteiger partial charge in [-0.3, -0.25) is 9.48 Å². The molecule has 22 heavy (non-hydrogen) atoms. The summed E-state index contributed by atoms with van der Waals surface area (Å²) >= 11 is 0. The Morgan fingerprint density at radius 2 is 2.27 bits per heavy atom. The lowest BCUT2D eigenvalue weighted by atomic mass is 10.1. The number of carboxylic acid groups (broad SMARTS) is 1. The van der Waals surface area contributed by atoms with Crippen LogP contribution >= 0.6 is 0 Å². The van der Waals surface area contributed by atoms with Crippen LogP contribution in [-0.4, -0.2) is 44.8 Å². The van der Waals surface area contributed by atoms with Crippen LogP contribution in [0, 0.1) is 6.92 Å². The van der Waals surface area contributed by atoms with E-state index in [4.69, 9.17) is 9.52 Å². The third-order valence-electron chi connectivity index (χ3n) is 3.96.